The molecular weight excluding hydrogens is 216 g/mol. The molecule has 0 aliphatic heterocycles. The fourth-order valence-corrected chi connectivity index (χ4v) is 1.85. The van der Waals surface area contributed by atoms with Crippen LogP contribution in [-0.4, -0.2) is 24.3 Å². The Kier molecular flexibility index (Phi) is 13.0. The van der Waals surface area contributed by atoms with Gasteiger partial charge in [0.1, 0.15) is 6.61 Å². The number of rotatable bonds is 13. The van der Waals surface area contributed by atoms with Crippen molar-refractivity contribution < 1.29 is 14.6 Å². The highest BCUT2D eigenvalue weighted by molar-refractivity contribution is 5.67. The van der Waals surface area contributed by atoms with E-state index in [1.165, 1.54) is 51.4 Å². The Morgan fingerprint density at radius 2 is 1.35 bits per heavy atom. The molecule has 102 valence electrons. The maximum absolute atomic E-state index is 10.2. The summed E-state index contributed by atoms with van der Waals surface area (Å²) in [5, 5.41) is 8.35. The predicted octanol–water partition coefficient (Wildman–Crippen LogP) is 4.01. The molecular formula is C14H28O3. The minimum Gasteiger partial charge on any atom is -0.480 e. The normalized spacial score (nSPS) is 10.6. The molecule has 0 spiro atoms. The Balaban J connectivity index is 2.91. The largest absolute Gasteiger partial charge is 0.480 e. The van der Waals surface area contributed by atoms with Crippen molar-refractivity contribution in [2.75, 3.05) is 13.2 Å². The zero-order valence-electron chi connectivity index (χ0n) is 11.2. The standard InChI is InChI=1S/C14H28O3/c1-2-3-4-5-6-7-8-9-10-11-12-17-13-14(15)16/h2-13H2,1H3,(H,15,16). The van der Waals surface area contributed by atoms with Gasteiger partial charge in [-0.25, -0.2) is 4.79 Å². The molecule has 0 saturated heterocycles. The summed E-state index contributed by atoms with van der Waals surface area (Å²) < 4.78 is 4.97. The Labute approximate surface area is 106 Å². The van der Waals surface area contributed by atoms with Crippen molar-refractivity contribution in [3.63, 3.8) is 0 Å². The van der Waals surface area contributed by atoms with Crippen LogP contribution in [0.3, 0.4) is 0 Å². The van der Waals surface area contributed by atoms with Crippen LogP contribution in [0.1, 0.15) is 71.1 Å². The summed E-state index contributed by atoms with van der Waals surface area (Å²) in [6.07, 6.45) is 12.9. The van der Waals surface area contributed by atoms with Gasteiger partial charge in [0, 0.05) is 6.61 Å². The van der Waals surface area contributed by atoms with Gasteiger partial charge in [0.05, 0.1) is 0 Å². The van der Waals surface area contributed by atoms with Crippen molar-refractivity contribution in [3.8, 4) is 0 Å². The summed E-state index contributed by atoms with van der Waals surface area (Å²) in [6, 6.07) is 0. The summed E-state index contributed by atoms with van der Waals surface area (Å²) in [4.78, 5) is 10.2. The van der Waals surface area contributed by atoms with Gasteiger partial charge in [0.15, 0.2) is 0 Å². The Bertz CT molecular complexity index is 169. The number of carboxylic acid groups (broad SMARTS) is 1. The quantitative estimate of drug-likeness (QED) is 0.498. The van der Waals surface area contributed by atoms with Crippen LogP contribution in [0.25, 0.3) is 0 Å². The molecule has 3 heteroatoms. The number of unbranched alkanes of at least 4 members (excludes halogenated alkanes) is 9. The van der Waals surface area contributed by atoms with Crippen molar-refractivity contribution in [1.82, 2.24) is 0 Å². The van der Waals surface area contributed by atoms with Gasteiger partial charge in [-0.15, -0.1) is 0 Å². The lowest BCUT2D eigenvalue weighted by molar-refractivity contribution is -0.142. The fourth-order valence-electron chi connectivity index (χ4n) is 1.85. The average Bonchev–Trinajstić information content (AvgIpc) is 2.30. The summed E-state index contributed by atoms with van der Waals surface area (Å²) >= 11 is 0. The van der Waals surface area contributed by atoms with Crippen LogP contribution >= 0.6 is 0 Å². The van der Waals surface area contributed by atoms with E-state index in [1.54, 1.807) is 0 Å². The molecule has 17 heavy (non-hydrogen) atoms. The first-order valence-corrected chi connectivity index (χ1v) is 7.07. The van der Waals surface area contributed by atoms with Crippen molar-refractivity contribution in [3.05, 3.63) is 0 Å². The zero-order chi connectivity index (χ0) is 12.8. The van der Waals surface area contributed by atoms with Gasteiger partial charge in [-0.2, -0.15) is 0 Å². The first kappa shape index (κ1) is 16.4. The molecule has 0 fully saturated rings. The molecule has 0 amide bonds. The molecule has 0 rings (SSSR count). The van der Waals surface area contributed by atoms with Gasteiger partial charge in [0.25, 0.3) is 0 Å². The van der Waals surface area contributed by atoms with Crippen LogP contribution < -0.4 is 0 Å². The molecule has 0 aromatic carbocycles. The summed E-state index contributed by atoms with van der Waals surface area (Å²) in [5.74, 6) is -0.878. The molecule has 0 bridgehead atoms. The van der Waals surface area contributed by atoms with Gasteiger partial charge >= 0.3 is 5.97 Å². The lowest BCUT2D eigenvalue weighted by Gasteiger charge is -2.02. The van der Waals surface area contributed by atoms with E-state index in [1.807, 2.05) is 0 Å². The van der Waals surface area contributed by atoms with E-state index in [0.29, 0.717) is 6.61 Å². The van der Waals surface area contributed by atoms with Gasteiger partial charge < -0.3 is 9.84 Å². The van der Waals surface area contributed by atoms with E-state index in [-0.39, 0.29) is 6.61 Å². The van der Waals surface area contributed by atoms with Crippen LogP contribution in [0, 0.1) is 0 Å². The summed E-state index contributed by atoms with van der Waals surface area (Å²) in [7, 11) is 0. The predicted molar refractivity (Wildman–Crippen MR) is 70.3 cm³/mol. The Morgan fingerprint density at radius 1 is 0.882 bits per heavy atom. The smallest absolute Gasteiger partial charge is 0.329 e. The summed E-state index contributed by atoms with van der Waals surface area (Å²) in [6.45, 7) is 2.67. The maximum atomic E-state index is 10.2. The van der Waals surface area contributed by atoms with E-state index in [9.17, 15) is 4.79 Å². The second-order valence-electron chi connectivity index (χ2n) is 4.63. The molecule has 0 heterocycles. The molecule has 0 aliphatic carbocycles. The third kappa shape index (κ3) is 15.4. The van der Waals surface area contributed by atoms with E-state index < -0.39 is 5.97 Å². The van der Waals surface area contributed by atoms with Crippen molar-refractivity contribution in [2.45, 2.75) is 71.1 Å². The third-order valence-corrected chi connectivity index (χ3v) is 2.87. The SMILES string of the molecule is CCCCCCCCCCCCOCC(=O)O. The Morgan fingerprint density at radius 3 is 1.82 bits per heavy atom. The van der Waals surface area contributed by atoms with E-state index in [4.69, 9.17) is 9.84 Å². The molecule has 3 nitrogen and oxygen atoms in total. The number of aliphatic carboxylic acids is 1. The average molecular weight is 244 g/mol. The van der Waals surface area contributed by atoms with Crippen LogP contribution in [0.4, 0.5) is 0 Å². The number of ether oxygens (including phenoxy) is 1. The number of hydrogen-bond donors (Lipinski definition) is 1. The van der Waals surface area contributed by atoms with Crippen LogP contribution in [0.5, 0.6) is 0 Å². The monoisotopic (exact) mass is 244 g/mol. The number of carboxylic acids is 1. The van der Waals surface area contributed by atoms with Crippen LogP contribution in [-0.2, 0) is 9.53 Å². The lowest BCUT2D eigenvalue weighted by Crippen LogP contribution is -2.07. The first-order chi connectivity index (χ1) is 8.27. The minimum absolute atomic E-state index is 0.155. The van der Waals surface area contributed by atoms with Gasteiger partial charge in [0.2, 0.25) is 0 Å². The highest BCUT2D eigenvalue weighted by Gasteiger charge is 1.96. The lowest BCUT2D eigenvalue weighted by atomic mass is 10.1. The van der Waals surface area contributed by atoms with E-state index in [0.717, 1.165) is 12.8 Å². The maximum Gasteiger partial charge on any atom is 0.329 e. The highest BCUT2D eigenvalue weighted by atomic mass is 16.5. The third-order valence-electron chi connectivity index (χ3n) is 2.87. The molecule has 0 aromatic heterocycles. The van der Waals surface area contributed by atoms with Gasteiger partial charge in [-0.1, -0.05) is 64.7 Å². The number of carbonyl (C=O) groups is 1. The molecule has 0 radical (unpaired) electrons. The van der Waals surface area contributed by atoms with Crippen LogP contribution in [0.15, 0.2) is 0 Å². The molecule has 0 saturated carbocycles. The van der Waals surface area contributed by atoms with Crippen LogP contribution in [0.2, 0.25) is 0 Å². The Hall–Kier alpha value is -0.570. The molecule has 0 unspecified atom stereocenters. The van der Waals surface area contributed by atoms with Crippen molar-refractivity contribution >= 4 is 5.97 Å². The van der Waals surface area contributed by atoms with Gasteiger partial charge in [-0.3, -0.25) is 0 Å². The minimum atomic E-state index is -0.878. The second-order valence-corrected chi connectivity index (χ2v) is 4.63. The molecule has 1 N–H and O–H groups in total. The second kappa shape index (κ2) is 13.5. The molecule has 0 aliphatic rings. The van der Waals surface area contributed by atoms with Crippen molar-refractivity contribution in [2.24, 2.45) is 0 Å². The zero-order valence-corrected chi connectivity index (χ0v) is 11.2. The topological polar surface area (TPSA) is 46.5 Å². The van der Waals surface area contributed by atoms with Crippen molar-refractivity contribution in [1.29, 1.82) is 0 Å². The fraction of sp³-hybridized carbons (Fsp3) is 0.929. The molecule has 0 atom stereocenters. The summed E-state index contributed by atoms with van der Waals surface area (Å²) in [5.41, 5.74) is 0. The van der Waals surface area contributed by atoms with E-state index in [2.05, 4.69) is 6.92 Å². The molecule has 0 aromatic rings. The first-order valence-electron chi connectivity index (χ1n) is 7.07. The van der Waals surface area contributed by atoms with Gasteiger partial charge in [-0.05, 0) is 6.42 Å². The van der Waals surface area contributed by atoms with E-state index >= 15 is 0 Å². The number of hydrogen-bond acceptors (Lipinski definition) is 2. The highest BCUT2D eigenvalue weighted by Crippen LogP contribution is 2.10.